The summed E-state index contributed by atoms with van der Waals surface area (Å²) in [6.07, 6.45) is 6.76. The van der Waals surface area contributed by atoms with E-state index < -0.39 is 0 Å². The zero-order valence-electron chi connectivity index (χ0n) is 10.4. The zero-order valence-corrected chi connectivity index (χ0v) is 12.1. The number of hydrogen-bond acceptors (Lipinski definition) is 2. The largest absolute Gasteiger partial charge is 0.358 e. The molecular weight excluding hydrogens is 222 g/mol. The van der Waals surface area contributed by atoms with Crippen molar-refractivity contribution in [2.75, 3.05) is 18.8 Å². The van der Waals surface area contributed by atoms with Crippen LogP contribution in [0.3, 0.4) is 0 Å². The summed E-state index contributed by atoms with van der Waals surface area (Å²) in [6, 6.07) is 0. The van der Waals surface area contributed by atoms with Gasteiger partial charge in [0.2, 0.25) is 0 Å². The lowest BCUT2D eigenvalue weighted by Gasteiger charge is -2.20. The van der Waals surface area contributed by atoms with Gasteiger partial charge in [0.1, 0.15) is 4.32 Å². The van der Waals surface area contributed by atoms with Crippen molar-refractivity contribution < 1.29 is 0 Å². The average molecular weight is 247 g/mol. The number of rotatable bonds is 8. The first-order chi connectivity index (χ1) is 7.26. The molecule has 0 aliphatic carbocycles. The Hall–Kier alpha value is 0.240. The van der Waals surface area contributed by atoms with Gasteiger partial charge in [-0.2, -0.15) is 0 Å². The smallest absolute Gasteiger partial charge is 0.136 e. The molecule has 0 saturated heterocycles. The third-order valence-corrected chi connectivity index (χ3v) is 4.10. The summed E-state index contributed by atoms with van der Waals surface area (Å²) >= 11 is 7.21. The van der Waals surface area contributed by atoms with Crippen molar-refractivity contribution in [3.8, 4) is 0 Å². The molecule has 0 unspecified atom stereocenters. The second kappa shape index (κ2) is 10.7. The fourth-order valence-corrected chi connectivity index (χ4v) is 2.91. The van der Waals surface area contributed by atoms with Crippen molar-refractivity contribution in [3.63, 3.8) is 0 Å². The Morgan fingerprint density at radius 1 is 1.00 bits per heavy atom. The zero-order chi connectivity index (χ0) is 11.5. The molecule has 0 aliphatic heterocycles. The SMILES string of the molecule is CCCCCCCSC(=S)N(CC)CC. The van der Waals surface area contributed by atoms with Crippen molar-refractivity contribution in [2.24, 2.45) is 0 Å². The predicted octanol–water partition coefficient (Wildman–Crippen LogP) is 4.32. The number of thioether (sulfide) groups is 1. The van der Waals surface area contributed by atoms with Crippen LogP contribution < -0.4 is 0 Å². The van der Waals surface area contributed by atoms with Gasteiger partial charge >= 0.3 is 0 Å². The van der Waals surface area contributed by atoms with Crippen LogP contribution in [0.4, 0.5) is 0 Å². The van der Waals surface area contributed by atoms with Crippen LogP contribution in [0.2, 0.25) is 0 Å². The second-order valence-electron chi connectivity index (χ2n) is 3.70. The maximum absolute atomic E-state index is 5.36. The monoisotopic (exact) mass is 247 g/mol. The van der Waals surface area contributed by atoms with Gasteiger partial charge in [-0.05, 0) is 20.3 Å². The highest BCUT2D eigenvalue weighted by Crippen LogP contribution is 2.13. The molecule has 0 aliphatic rings. The first-order valence-electron chi connectivity index (χ1n) is 6.17. The molecule has 0 saturated carbocycles. The van der Waals surface area contributed by atoms with E-state index >= 15 is 0 Å². The van der Waals surface area contributed by atoms with E-state index in [9.17, 15) is 0 Å². The van der Waals surface area contributed by atoms with Crippen LogP contribution in [0.5, 0.6) is 0 Å². The molecule has 0 heterocycles. The second-order valence-corrected chi connectivity index (χ2v) is 5.43. The molecule has 0 atom stereocenters. The van der Waals surface area contributed by atoms with Gasteiger partial charge in [0.25, 0.3) is 0 Å². The Balaban J connectivity index is 3.38. The molecule has 90 valence electrons. The minimum absolute atomic E-state index is 1.04. The first kappa shape index (κ1) is 15.2. The highest BCUT2D eigenvalue weighted by molar-refractivity contribution is 8.22. The molecule has 3 heteroatoms. The van der Waals surface area contributed by atoms with E-state index in [1.165, 1.54) is 37.9 Å². The lowest BCUT2D eigenvalue weighted by atomic mass is 10.2. The minimum Gasteiger partial charge on any atom is -0.358 e. The highest BCUT2D eigenvalue weighted by Gasteiger charge is 2.04. The van der Waals surface area contributed by atoms with Gasteiger partial charge in [-0.25, -0.2) is 0 Å². The maximum atomic E-state index is 5.36. The summed E-state index contributed by atoms with van der Waals surface area (Å²) < 4.78 is 1.08. The van der Waals surface area contributed by atoms with Crippen molar-refractivity contribution in [1.29, 1.82) is 0 Å². The van der Waals surface area contributed by atoms with Gasteiger partial charge in [0, 0.05) is 18.8 Å². The number of nitrogens with zero attached hydrogens (tertiary/aromatic N) is 1. The van der Waals surface area contributed by atoms with Crippen LogP contribution in [0.15, 0.2) is 0 Å². The topological polar surface area (TPSA) is 3.24 Å². The van der Waals surface area contributed by atoms with Crippen LogP contribution >= 0.6 is 24.0 Å². The lowest BCUT2D eigenvalue weighted by molar-refractivity contribution is 0.482. The van der Waals surface area contributed by atoms with E-state index in [1.54, 1.807) is 0 Å². The Labute approximate surface area is 105 Å². The van der Waals surface area contributed by atoms with Crippen LogP contribution in [-0.2, 0) is 0 Å². The molecule has 0 fully saturated rings. The van der Waals surface area contributed by atoms with E-state index in [2.05, 4.69) is 25.7 Å². The Morgan fingerprint density at radius 2 is 1.60 bits per heavy atom. The molecular formula is C12H25NS2. The summed E-state index contributed by atoms with van der Waals surface area (Å²) in [5, 5.41) is 0. The Morgan fingerprint density at radius 3 is 2.13 bits per heavy atom. The third-order valence-electron chi connectivity index (χ3n) is 2.50. The molecule has 1 nitrogen and oxygen atoms in total. The van der Waals surface area contributed by atoms with Gasteiger partial charge in [-0.3, -0.25) is 0 Å². The molecule has 0 aromatic heterocycles. The van der Waals surface area contributed by atoms with Crippen molar-refractivity contribution in [1.82, 2.24) is 4.90 Å². The van der Waals surface area contributed by atoms with E-state index in [4.69, 9.17) is 12.2 Å². The van der Waals surface area contributed by atoms with Crippen LogP contribution in [0.1, 0.15) is 52.9 Å². The lowest BCUT2D eigenvalue weighted by Crippen LogP contribution is -2.26. The summed E-state index contributed by atoms with van der Waals surface area (Å²) in [5.41, 5.74) is 0. The molecule has 0 radical (unpaired) electrons. The van der Waals surface area contributed by atoms with E-state index in [1.807, 2.05) is 11.8 Å². The molecule has 15 heavy (non-hydrogen) atoms. The molecule has 0 N–H and O–H groups in total. The van der Waals surface area contributed by atoms with Gasteiger partial charge in [-0.15, -0.1) is 0 Å². The summed E-state index contributed by atoms with van der Waals surface area (Å²) in [4.78, 5) is 2.26. The minimum atomic E-state index is 1.04. The standard InChI is InChI=1S/C12H25NS2/c1-4-7-8-9-10-11-15-12(14)13(5-2)6-3/h4-11H2,1-3H3. The quantitative estimate of drug-likeness (QED) is 0.464. The van der Waals surface area contributed by atoms with Gasteiger partial charge in [0.05, 0.1) is 0 Å². The van der Waals surface area contributed by atoms with Crippen LogP contribution in [0.25, 0.3) is 0 Å². The van der Waals surface area contributed by atoms with E-state index in [-0.39, 0.29) is 0 Å². The fourth-order valence-electron chi connectivity index (χ4n) is 1.44. The van der Waals surface area contributed by atoms with Gasteiger partial charge < -0.3 is 4.90 Å². The van der Waals surface area contributed by atoms with Gasteiger partial charge in [0.15, 0.2) is 0 Å². The summed E-state index contributed by atoms with van der Waals surface area (Å²) in [7, 11) is 0. The van der Waals surface area contributed by atoms with Crippen LogP contribution in [0, 0.1) is 0 Å². The Kier molecular flexibility index (Phi) is 10.9. The third kappa shape index (κ3) is 8.09. The van der Waals surface area contributed by atoms with E-state index in [0.717, 1.165) is 17.4 Å². The molecule has 0 spiro atoms. The van der Waals surface area contributed by atoms with Crippen molar-refractivity contribution in [3.05, 3.63) is 0 Å². The van der Waals surface area contributed by atoms with Gasteiger partial charge in [-0.1, -0.05) is 56.6 Å². The predicted molar refractivity (Wildman–Crippen MR) is 76.7 cm³/mol. The number of thiocarbonyl (C=S) groups is 1. The molecule has 0 amide bonds. The normalized spacial score (nSPS) is 10.3. The molecule has 0 aromatic rings. The summed E-state index contributed by atoms with van der Waals surface area (Å²) in [5.74, 6) is 1.19. The summed E-state index contributed by atoms with van der Waals surface area (Å²) in [6.45, 7) is 8.66. The van der Waals surface area contributed by atoms with Crippen molar-refractivity contribution in [2.45, 2.75) is 52.9 Å². The molecule has 0 rings (SSSR count). The Bertz CT molecular complexity index is 156. The highest BCUT2D eigenvalue weighted by atomic mass is 32.2. The number of unbranched alkanes of at least 4 members (excludes halogenated alkanes) is 4. The van der Waals surface area contributed by atoms with E-state index in [0.29, 0.717) is 0 Å². The van der Waals surface area contributed by atoms with Crippen molar-refractivity contribution >= 4 is 28.3 Å². The average Bonchev–Trinajstić information content (AvgIpc) is 2.25. The fraction of sp³-hybridized carbons (Fsp3) is 0.917. The first-order valence-corrected chi connectivity index (χ1v) is 7.57. The maximum Gasteiger partial charge on any atom is 0.136 e. The molecule has 0 aromatic carbocycles. The van der Waals surface area contributed by atoms with Crippen LogP contribution in [-0.4, -0.2) is 28.1 Å². The molecule has 0 bridgehead atoms. The number of hydrogen-bond donors (Lipinski definition) is 0.